The average molecular weight is 281 g/mol. The van der Waals surface area contributed by atoms with Gasteiger partial charge in [-0.1, -0.05) is 12.1 Å². The molecular weight excluding hydrogens is 266 g/mol. The first-order valence-electron chi connectivity index (χ1n) is 6.43. The molecule has 0 saturated carbocycles. The highest BCUT2D eigenvalue weighted by molar-refractivity contribution is 5.94. The number of nitrogens with one attached hydrogen (secondary N) is 1. The summed E-state index contributed by atoms with van der Waals surface area (Å²) in [6, 6.07) is 14.5. The van der Waals surface area contributed by atoms with Crippen molar-refractivity contribution in [3.8, 4) is 11.8 Å². The van der Waals surface area contributed by atoms with E-state index in [0.717, 1.165) is 5.56 Å². The van der Waals surface area contributed by atoms with Crippen LogP contribution < -0.4 is 11.1 Å². The topological polar surface area (TPSA) is 99.1 Å². The van der Waals surface area contributed by atoms with Gasteiger partial charge in [-0.3, -0.25) is 4.79 Å². The SMILES string of the molecule is N#Cc1ccc(NC(=O)[C@H](N)Cc2ccc(O)cc2)cc1. The van der Waals surface area contributed by atoms with E-state index < -0.39 is 6.04 Å². The summed E-state index contributed by atoms with van der Waals surface area (Å²) >= 11 is 0. The van der Waals surface area contributed by atoms with Crippen molar-refractivity contribution in [3.63, 3.8) is 0 Å². The van der Waals surface area contributed by atoms with Crippen molar-refractivity contribution in [2.45, 2.75) is 12.5 Å². The zero-order valence-corrected chi connectivity index (χ0v) is 11.3. The third-order valence-corrected chi connectivity index (χ3v) is 3.01. The van der Waals surface area contributed by atoms with Gasteiger partial charge in [0.1, 0.15) is 5.75 Å². The Hall–Kier alpha value is -2.84. The summed E-state index contributed by atoms with van der Waals surface area (Å²) in [4.78, 5) is 12.0. The lowest BCUT2D eigenvalue weighted by Gasteiger charge is -2.12. The summed E-state index contributed by atoms with van der Waals surface area (Å²) in [6.07, 6.45) is 0.377. The van der Waals surface area contributed by atoms with Crippen molar-refractivity contribution in [2.24, 2.45) is 5.73 Å². The molecule has 0 fully saturated rings. The molecule has 4 N–H and O–H groups in total. The monoisotopic (exact) mass is 281 g/mol. The molecule has 21 heavy (non-hydrogen) atoms. The standard InChI is InChI=1S/C16H15N3O2/c17-10-12-1-5-13(6-2-12)19-16(21)15(18)9-11-3-7-14(20)8-4-11/h1-8,15,20H,9,18H2,(H,19,21)/t15-/m1/s1. The normalized spacial score (nSPS) is 11.4. The van der Waals surface area contributed by atoms with E-state index >= 15 is 0 Å². The second kappa shape index (κ2) is 6.55. The van der Waals surface area contributed by atoms with Crippen molar-refractivity contribution in [1.29, 1.82) is 5.26 Å². The molecule has 0 aliphatic heterocycles. The minimum atomic E-state index is -0.690. The van der Waals surface area contributed by atoms with Crippen molar-refractivity contribution < 1.29 is 9.90 Å². The molecule has 2 aromatic rings. The van der Waals surface area contributed by atoms with E-state index in [-0.39, 0.29) is 11.7 Å². The van der Waals surface area contributed by atoms with E-state index in [1.54, 1.807) is 48.5 Å². The molecule has 2 rings (SSSR count). The Kier molecular flexibility index (Phi) is 4.54. The zero-order chi connectivity index (χ0) is 15.2. The van der Waals surface area contributed by atoms with Crippen LogP contribution in [-0.4, -0.2) is 17.1 Å². The van der Waals surface area contributed by atoms with Gasteiger partial charge < -0.3 is 16.2 Å². The summed E-state index contributed by atoms with van der Waals surface area (Å²) in [6.45, 7) is 0. The van der Waals surface area contributed by atoms with Crippen LogP contribution in [0.3, 0.4) is 0 Å². The van der Waals surface area contributed by atoms with E-state index in [1.165, 1.54) is 0 Å². The molecule has 0 unspecified atom stereocenters. The third kappa shape index (κ3) is 4.06. The number of carbonyl (C=O) groups is 1. The predicted octanol–water partition coefficient (Wildman–Crippen LogP) is 1.77. The maximum Gasteiger partial charge on any atom is 0.241 e. The van der Waals surface area contributed by atoms with Crippen LogP contribution in [0, 0.1) is 11.3 Å². The Labute approximate surface area is 122 Å². The first-order valence-corrected chi connectivity index (χ1v) is 6.43. The summed E-state index contributed by atoms with van der Waals surface area (Å²) in [5.74, 6) is -0.123. The quantitative estimate of drug-likeness (QED) is 0.795. The Bertz CT molecular complexity index is 657. The number of hydrogen-bond donors (Lipinski definition) is 3. The molecule has 0 spiro atoms. The van der Waals surface area contributed by atoms with Gasteiger partial charge in [0.05, 0.1) is 17.7 Å². The number of phenolic OH excluding ortho intramolecular Hbond substituents is 1. The van der Waals surface area contributed by atoms with Gasteiger partial charge >= 0.3 is 0 Å². The summed E-state index contributed by atoms with van der Waals surface area (Å²) in [5.41, 5.74) is 7.86. The second-order valence-electron chi connectivity index (χ2n) is 4.66. The van der Waals surface area contributed by atoms with Crippen LogP contribution in [0.2, 0.25) is 0 Å². The molecule has 0 radical (unpaired) electrons. The minimum absolute atomic E-state index is 0.175. The molecule has 0 heterocycles. The van der Waals surface area contributed by atoms with Crippen molar-refractivity contribution >= 4 is 11.6 Å². The number of nitrogens with zero attached hydrogens (tertiary/aromatic N) is 1. The molecule has 106 valence electrons. The lowest BCUT2D eigenvalue weighted by molar-refractivity contribution is -0.117. The number of rotatable bonds is 4. The Morgan fingerprint density at radius 2 is 1.81 bits per heavy atom. The molecule has 5 heteroatoms. The fourth-order valence-electron chi connectivity index (χ4n) is 1.84. The number of nitriles is 1. The van der Waals surface area contributed by atoms with Crippen molar-refractivity contribution in [1.82, 2.24) is 0 Å². The van der Waals surface area contributed by atoms with E-state index in [9.17, 15) is 9.90 Å². The van der Waals surface area contributed by atoms with E-state index in [1.807, 2.05) is 6.07 Å². The molecule has 0 aliphatic carbocycles. The highest BCUT2D eigenvalue weighted by atomic mass is 16.3. The van der Waals surface area contributed by atoms with Crippen LogP contribution in [0.4, 0.5) is 5.69 Å². The van der Waals surface area contributed by atoms with Gasteiger partial charge in [-0.25, -0.2) is 0 Å². The van der Waals surface area contributed by atoms with Crippen molar-refractivity contribution in [2.75, 3.05) is 5.32 Å². The maximum absolute atomic E-state index is 12.0. The van der Waals surface area contributed by atoms with Gasteiger partial charge in [0, 0.05) is 5.69 Å². The smallest absolute Gasteiger partial charge is 0.241 e. The van der Waals surface area contributed by atoms with Gasteiger partial charge in [-0.2, -0.15) is 5.26 Å². The van der Waals surface area contributed by atoms with Crippen LogP contribution in [0.25, 0.3) is 0 Å². The number of carbonyl (C=O) groups excluding carboxylic acids is 1. The molecule has 1 amide bonds. The number of phenols is 1. The van der Waals surface area contributed by atoms with E-state index in [0.29, 0.717) is 17.7 Å². The Morgan fingerprint density at radius 3 is 2.38 bits per heavy atom. The minimum Gasteiger partial charge on any atom is -0.508 e. The fourth-order valence-corrected chi connectivity index (χ4v) is 1.84. The molecule has 0 aliphatic rings. The van der Waals surface area contributed by atoms with E-state index in [2.05, 4.69) is 5.32 Å². The lowest BCUT2D eigenvalue weighted by Crippen LogP contribution is -2.37. The first-order chi connectivity index (χ1) is 10.1. The van der Waals surface area contributed by atoms with Crippen LogP contribution in [0.1, 0.15) is 11.1 Å². The first kappa shape index (κ1) is 14.6. The van der Waals surface area contributed by atoms with Crippen molar-refractivity contribution in [3.05, 3.63) is 59.7 Å². The lowest BCUT2D eigenvalue weighted by atomic mass is 10.1. The fraction of sp³-hybridized carbons (Fsp3) is 0.125. The Morgan fingerprint density at radius 1 is 1.19 bits per heavy atom. The molecule has 5 nitrogen and oxygen atoms in total. The molecule has 0 saturated heterocycles. The van der Waals surface area contributed by atoms with Gasteiger partial charge in [-0.15, -0.1) is 0 Å². The maximum atomic E-state index is 12.0. The van der Waals surface area contributed by atoms with Gasteiger partial charge in [-0.05, 0) is 48.4 Å². The average Bonchev–Trinajstić information content (AvgIpc) is 2.50. The number of anilines is 1. The number of amides is 1. The van der Waals surface area contributed by atoms with Crippen LogP contribution in [0.15, 0.2) is 48.5 Å². The highest BCUT2D eigenvalue weighted by Gasteiger charge is 2.14. The molecule has 1 atom stereocenters. The molecular formula is C16H15N3O2. The number of benzene rings is 2. The van der Waals surface area contributed by atoms with Crippen LogP contribution in [-0.2, 0) is 11.2 Å². The largest absolute Gasteiger partial charge is 0.508 e. The van der Waals surface area contributed by atoms with Gasteiger partial charge in [0.15, 0.2) is 0 Å². The molecule has 0 bridgehead atoms. The highest BCUT2D eigenvalue weighted by Crippen LogP contribution is 2.12. The van der Waals surface area contributed by atoms with Crippen LogP contribution in [0.5, 0.6) is 5.75 Å². The van der Waals surface area contributed by atoms with Gasteiger partial charge in [0.25, 0.3) is 0 Å². The summed E-state index contributed by atoms with van der Waals surface area (Å²) < 4.78 is 0. The molecule has 0 aromatic heterocycles. The Balaban J connectivity index is 1.95. The van der Waals surface area contributed by atoms with Crippen LogP contribution >= 0.6 is 0 Å². The summed E-state index contributed by atoms with van der Waals surface area (Å²) in [5, 5.41) is 20.6. The second-order valence-corrected chi connectivity index (χ2v) is 4.66. The number of nitrogens with two attached hydrogens (primary N) is 1. The molecule has 2 aromatic carbocycles. The number of hydrogen-bond acceptors (Lipinski definition) is 4. The predicted molar refractivity (Wildman–Crippen MR) is 79.6 cm³/mol. The van der Waals surface area contributed by atoms with Gasteiger partial charge in [0.2, 0.25) is 5.91 Å². The zero-order valence-electron chi connectivity index (χ0n) is 11.3. The van der Waals surface area contributed by atoms with E-state index in [4.69, 9.17) is 11.0 Å². The summed E-state index contributed by atoms with van der Waals surface area (Å²) in [7, 11) is 0. The number of aromatic hydroxyl groups is 1. The third-order valence-electron chi connectivity index (χ3n) is 3.01.